The molecule has 0 fully saturated rings. The van der Waals surface area contributed by atoms with Gasteiger partial charge < -0.3 is 14.5 Å². The van der Waals surface area contributed by atoms with Crippen LogP contribution in [0.15, 0.2) is 52.9 Å². The van der Waals surface area contributed by atoms with Crippen LogP contribution in [0, 0.1) is 29.6 Å². The standard InChI is InChI=1S/C34H34F3N3O4/c1-19(2)33(4,18-38)17-27(41)24-15-22(11-12-28(24)43-6)23-16-25-29(31(42)39-5)30(21-9-7-20(3)8-10-21)44-32(25)40-26(23)13-14-34(35,36)37/h7-12,15-16,19H,13-14,17H2,1-6H3,(H,39,42). The zero-order chi connectivity index (χ0) is 32.4. The smallest absolute Gasteiger partial charge is 0.389 e. The third-order valence-electron chi connectivity index (χ3n) is 8.04. The Morgan fingerprint density at radius 3 is 2.32 bits per heavy atom. The highest BCUT2D eigenvalue weighted by Crippen LogP contribution is 2.39. The summed E-state index contributed by atoms with van der Waals surface area (Å²) in [6, 6.07) is 15.8. The first-order chi connectivity index (χ1) is 20.7. The molecule has 2 aromatic heterocycles. The Morgan fingerprint density at radius 2 is 1.75 bits per heavy atom. The molecule has 2 heterocycles. The molecular weight excluding hydrogens is 571 g/mol. The Balaban J connectivity index is 1.96. The summed E-state index contributed by atoms with van der Waals surface area (Å²) < 4.78 is 51.7. The summed E-state index contributed by atoms with van der Waals surface area (Å²) in [7, 11) is 2.88. The molecule has 0 radical (unpaired) electrons. The molecule has 4 aromatic rings. The highest BCUT2D eigenvalue weighted by Gasteiger charge is 2.33. The minimum atomic E-state index is -4.45. The fraction of sp³-hybridized carbons (Fsp3) is 0.353. The van der Waals surface area contributed by atoms with E-state index in [2.05, 4.69) is 16.4 Å². The average molecular weight is 606 g/mol. The van der Waals surface area contributed by atoms with Gasteiger partial charge in [0.05, 0.1) is 40.8 Å². The third kappa shape index (κ3) is 6.62. The van der Waals surface area contributed by atoms with E-state index in [0.717, 1.165) is 5.56 Å². The van der Waals surface area contributed by atoms with Crippen LogP contribution in [0.1, 0.15) is 65.6 Å². The van der Waals surface area contributed by atoms with Crippen molar-refractivity contribution in [1.29, 1.82) is 5.26 Å². The second-order valence-electron chi connectivity index (χ2n) is 11.4. The molecule has 1 amide bonds. The van der Waals surface area contributed by atoms with Crippen LogP contribution >= 0.6 is 0 Å². The molecule has 0 bridgehead atoms. The SMILES string of the molecule is CNC(=O)c1c(-c2ccc(C)cc2)oc2nc(CCC(F)(F)F)c(-c3ccc(OC)c(C(=O)CC(C)(C#N)C(C)C)c3)cc12. The van der Waals surface area contributed by atoms with Gasteiger partial charge in [-0.1, -0.05) is 49.7 Å². The molecular formula is C34H34F3N3O4. The normalized spacial score (nSPS) is 13.0. The van der Waals surface area contributed by atoms with Gasteiger partial charge in [-0.25, -0.2) is 4.98 Å². The van der Waals surface area contributed by atoms with Gasteiger partial charge in [-0.3, -0.25) is 9.59 Å². The molecule has 0 aliphatic heterocycles. The number of ketones is 1. The summed E-state index contributed by atoms with van der Waals surface area (Å²) in [5.41, 5.74) is 1.87. The number of pyridine rings is 1. The van der Waals surface area contributed by atoms with E-state index >= 15 is 0 Å². The number of aromatic nitrogens is 1. The van der Waals surface area contributed by atoms with Crippen LogP contribution in [0.25, 0.3) is 33.6 Å². The largest absolute Gasteiger partial charge is 0.496 e. The van der Waals surface area contributed by atoms with E-state index in [4.69, 9.17) is 9.15 Å². The van der Waals surface area contributed by atoms with Crippen molar-refractivity contribution >= 4 is 22.8 Å². The molecule has 0 saturated carbocycles. The lowest BCUT2D eigenvalue weighted by molar-refractivity contribution is -0.134. The Kier molecular flexibility index (Phi) is 9.19. The van der Waals surface area contributed by atoms with Crippen molar-refractivity contribution in [3.05, 3.63) is 70.9 Å². The maximum Gasteiger partial charge on any atom is 0.389 e. The quantitative estimate of drug-likeness (QED) is 0.183. The van der Waals surface area contributed by atoms with Crippen molar-refractivity contribution < 1.29 is 31.9 Å². The number of ether oxygens (including phenoxy) is 1. The first-order valence-electron chi connectivity index (χ1n) is 14.2. The molecule has 44 heavy (non-hydrogen) atoms. The molecule has 0 saturated heterocycles. The van der Waals surface area contributed by atoms with E-state index in [1.165, 1.54) is 14.2 Å². The number of alkyl halides is 3. The van der Waals surface area contributed by atoms with Gasteiger partial charge in [-0.05, 0) is 49.9 Å². The highest BCUT2D eigenvalue weighted by atomic mass is 19.4. The average Bonchev–Trinajstić information content (AvgIpc) is 3.36. The second-order valence-corrected chi connectivity index (χ2v) is 11.4. The minimum Gasteiger partial charge on any atom is -0.496 e. The lowest BCUT2D eigenvalue weighted by Gasteiger charge is -2.25. The molecule has 1 N–H and O–H groups in total. The predicted molar refractivity (Wildman–Crippen MR) is 161 cm³/mol. The van der Waals surface area contributed by atoms with Crippen LogP contribution in [0.5, 0.6) is 5.75 Å². The number of benzene rings is 2. The molecule has 0 aliphatic carbocycles. The monoisotopic (exact) mass is 605 g/mol. The van der Waals surface area contributed by atoms with Crippen molar-refractivity contribution in [3.8, 4) is 34.3 Å². The number of carbonyl (C=O) groups excluding carboxylic acids is 2. The van der Waals surface area contributed by atoms with E-state index in [-0.39, 0.29) is 52.2 Å². The second kappa shape index (κ2) is 12.5. The number of aryl methyl sites for hydroxylation is 2. The Hall–Kier alpha value is -4.65. The number of rotatable bonds is 10. The molecule has 2 aromatic carbocycles. The number of nitrogens with one attached hydrogen (secondary N) is 1. The number of methoxy groups -OCH3 is 1. The van der Waals surface area contributed by atoms with Crippen molar-refractivity contribution in [2.75, 3.05) is 14.2 Å². The number of hydrogen-bond donors (Lipinski definition) is 1. The van der Waals surface area contributed by atoms with Gasteiger partial charge in [-0.2, -0.15) is 18.4 Å². The van der Waals surface area contributed by atoms with Gasteiger partial charge in [0.2, 0.25) is 5.71 Å². The van der Waals surface area contributed by atoms with Gasteiger partial charge in [0, 0.05) is 31.0 Å². The molecule has 0 spiro atoms. The maximum atomic E-state index is 13.5. The number of nitrogens with zero attached hydrogens (tertiary/aromatic N) is 2. The fourth-order valence-corrected chi connectivity index (χ4v) is 4.91. The van der Waals surface area contributed by atoms with Crippen molar-refractivity contribution in [2.24, 2.45) is 11.3 Å². The zero-order valence-electron chi connectivity index (χ0n) is 25.5. The number of nitriles is 1. The fourth-order valence-electron chi connectivity index (χ4n) is 4.91. The van der Waals surface area contributed by atoms with Gasteiger partial charge in [0.25, 0.3) is 5.91 Å². The van der Waals surface area contributed by atoms with Crippen LogP contribution in [-0.2, 0) is 6.42 Å². The van der Waals surface area contributed by atoms with Crippen LogP contribution in [0.4, 0.5) is 13.2 Å². The maximum absolute atomic E-state index is 13.5. The first-order valence-corrected chi connectivity index (χ1v) is 14.2. The first kappa shape index (κ1) is 32.3. The van der Waals surface area contributed by atoms with E-state index in [0.29, 0.717) is 22.1 Å². The summed E-state index contributed by atoms with van der Waals surface area (Å²) in [5.74, 6) is -0.405. The molecule has 1 unspecified atom stereocenters. The van der Waals surface area contributed by atoms with E-state index < -0.39 is 30.3 Å². The number of amides is 1. The molecule has 7 nitrogen and oxygen atoms in total. The highest BCUT2D eigenvalue weighted by molar-refractivity contribution is 6.11. The van der Waals surface area contributed by atoms with Gasteiger partial charge in [0.15, 0.2) is 5.78 Å². The molecule has 0 aliphatic rings. The van der Waals surface area contributed by atoms with Crippen molar-refractivity contribution in [3.63, 3.8) is 0 Å². The van der Waals surface area contributed by atoms with E-state index in [9.17, 15) is 28.0 Å². The number of carbonyl (C=O) groups is 2. The minimum absolute atomic E-state index is 0.0200. The van der Waals surface area contributed by atoms with Crippen molar-refractivity contribution in [1.82, 2.24) is 10.3 Å². The van der Waals surface area contributed by atoms with Gasteiger partial charge >= 0.3 is 6.18 Å². The summed E-state index contributed by atoms with van der Waals surface area (Å²) in [6.45, 7) is 7.35. The summed E-state index contributed by atoms with van der Waals surface area (Å²) in [4.78, 5) is 31.2. The third-order valence-corrected chi connectivity index (χ3v) is 8.04. The lowest BCUT2D eigenvalue weighted by Crippen LogP contribution is -2.25. The number of Topliss-reactive ketones (excluding diaryl/α,β-unsaturated/α-hetero) is 1. The summed E-state index contributed by atoms with van der Waals surface area (Å²) >= 11 is 0. The predicted octanol–water partition coefficient (Wildman–Crippen LogP) is 8.09. The van der Waals surface area contributed by atoms with Crippen LogP contribution in [0.3, 0.4) is 0 Å². The topological polar surface area (TPSA) is 105 Å². The lowest BCUT2D eigenvalue weighted by atomic mass is 9.75. The number of halogens is 3. The summed E-state index contributed by atoms with van der Waals surface area (Å²) in [5, 5.41) is 12.7. The van der Waals surface area contributed by atoms with E-state index in [1.54, 1.807) is 43.3 Å². The Labute approximate surface area is 254 Å². The van der Waals surface area contributed by atoms with Gasteiger partial charge in [0.1, 0.15) is 11.5 Å². The van der Waals surface area contributed by atoms with E-state index in [1.807, 2.05) is 32.9 Å². The molecule has 1 atom stereocenters. The summed E-state index contributed by atoms with van der Waals surface area (Å²) in [6.07, 6.45) is -6.12. The Bertz CT molecular complexity index is 1750. The molecule has 10 heteroatoms. The number of hydrogen-bond acceptors (Lipinski definition) is 6. The van der Waals surface area contributed by atoms with Crippen molar-refractivity contribution in [2.45, 2.75) is 53.1 Å². The van der Waals surface area contributed by atoms with Gasteiger partial charge in [-0.15, -0.1) is 0 Å². The molecule has 4 rings (SSSR count). The number of furan rings is 1. The Morgan fingerprint density at radius 1 is 1.09 bits per heavy atom. The van der Waals surface area contributed by atoms with Crippen LogP contribution < -0.4 is 10.1 Å². The zero-order valence-corrected chi connectivity index (χ0v) is 25.5. The van der Waals surface area contributed by atoms with Crippen LogP contribution in [-0.4, -0.2) is 37.0 Å². The number of fused-ring (bicyclic) bond motifs is 1. The molecule has 230 valence electrons. The van der Waals surface area contributed by atoms with Crippen LogP contribution in [0.2, 0.25) is 0 Å².